The molecule has 0 spiro atoms. The van der Waals surface area contributed by atoms with Crippen LogP contribution < -0.4 is 4.90 Å². The number of aldehydes is 1. The number of amides is 1. The molecule has 3 rings (SSSR count). The van der Waals surface area contributed by atoms with Gasteiger partial charge in [-0.15, -0.1) is 0 Å². The Balaban J connectivity index is 1.73. The molecule has 28 heavy (non-hydrogen) atoms. The number of carbonyl (C=O) groups excluding carboxylic acids is 2. The summed E-state index contributed by atoms with van der Waals surface area (Å²) in [6, 6.07) is 7.88. The fraction of sp³-hybridized carbons (Fsp3) is 0.478. The van der Waals surface area contributed by atoms with Crippen molar-refractivity contribution in [3.63, 3.8) is 0 Å². The molecular weight excluding hydrogens is 352 g/mol. The topological polar surface area (TPSA) is 60.9 Å². The maximum absolute atomic E-state index is 12.7. The maximum atomic E-state index is 12.7. The van der Waals surface area contributed by atoms with Crippen LogP contribution in [0.5, 0.6) is 0 Å². The van der Waals surface area contributed by atoms with Gasteiger partial charge < -0.3 is 19.7 Å². The second-order valence-electron chi connectivity index (χ2n) is 7.48. The number of anilines is 1. The standard InChI is InChI=1S/C23H30N2O3/c1-2-25(20-10-6-8-18(16-20)9-7-15-26)21-12-11-19(17-22(21)27)23(28)24-13-4-3-5-14-24/h6,8,10-12,15-17,21-22,27H,2-5,7,9,13-14H2,1H3. The summed E-state index contributed by atoms with van der Waals surface area (Å²) < 4.78 is 0. The van der Waals surface area contributed by atoms with Crippen molar-refractivity contribution in [2.24, 2.45) is 0 Å². The molecular formula is C23H30N2O3. The molecule has 150 valence electrons. The van der Waals surface area contributed by atoms with Crippen molar-refractivity contribution < 1.29 is 14.7 Å². The van der Waals surface area contributed by atoms with Crippen molar-refractivity contribution in [2.45, 2.75) is 51.2 Å². The van der Waals surface area contributed by atoms with E-state index in [9.17, 15) is 14.7 Å². The number of likely N-dealkylation sites (tertiary alicyclic amines) is 1. The SMILES string of the molecule is CCN(c1cccc(CCC=O)c1)C1C=CC(C(=O)N2CCCCC2)=CC1O. The Kier molecular flexibility index (Phi) is 7.04. The first kappa shape index (κ1) is 20.3. The average Bonchev–Trinajstić information content (AvgIpc) is 2.74. The molecule has 1 N–H and O–H groups in total. The largest absolute Gasteiger partial charge is 0.387 e. The fourth-order valence-electron chi connectivity index (χ4n) is 4.05. The third-order valence-electron chi connectivity index (χ3n) is 5.56. The summed E-state index contributed by atoms with van der Waals surface area (Å²) in [6.07, 6.45) is 10.2. The number of rotatable bonds is 7. The van der Waals surface area contributed by atoms with Crippen molar-refractivity contribution in [2.75, 3.05) is 24.5 Å². The molecule has 1 aromatic rings. The third kappa shape index (κ3) is 4.71. The second-order valence-corrected chi connectivity index (χ2v) is 7.48. The summed E-state index contributed by atoms with van der Waals surface area (Å²) in [5, 5.41) is 10.8. The lowest BCUT2D eigenvalue weighted by Gasteiger charge is -2.35. The Morgan fingerprint density at radius 1 is 1.29 bits per heavy atom. The minimum absolute atomic E-state index is 0.0207. The van der Waals surface area contributed by atoms with Crippen molar-refractivity contribution in [1.29, 1.82) is 0 Å². The van der Waals surface area contributed by atoms with Crippen LogP contribution in [0.15, 0.2) is 48.1 Å². The van der Waals surface area contributed by atoms with E-state index in [1.54, 1.807) is 6.08 Å². The van der Waals surface area contributed by atoms with Crippen LogP contribution in [0.3, 0.4) is 0 Å². The summed E-state index contributed by atoms with van der Waals surface area (Å²) in [5.74, 6) is 0.0207. The molecule has 1 aliphatic carbocycles. The minimum Gasteiger partial charge on any atom is -0.387 e. The summed E-state index contributed by atoms with van der Waals surface area (Å²) >= 11 is 0. The van der Waals surface area contributed by atoms with Crippen molar-refractivity contribution in [1.82, 2.24) is 4.90 Å². The Morgan fingerprint density at radius 3 is 2.75 bits per heavy atom. The molecule has 1 aliphatic heterocycles. The molecule has 0 aromatic heterocycles. The molecule has 0 radical (unpaired) electrons. The first-order valence-corrected chi connectivity index (χ1v) is 10.3. The molecule has 1 heterocycles. The monoisotopic (exact) mass is 382 g/mol. The van der Waals surface area contributed by atoms with E-state index in [0.717, 1.165) is 50.0 Å². The Hall–Kier alpha value is -2.40. The number of carbonyl (C=O) groups is 2. The maximum Gasteiger partial charge on any atom is 0.253 e. The number of hydrogen-bond acceptors (Lipinski definition) is 4. The first-order chi connectivity index (χ1) is 13.6. The van der Waals surface area contributed by atoms with Gasteiger partial charge in [0.05, 0.1) is 12.1 Å². The number of likely N-dealkylation sites (N-methyl/N-ethyl adjacent to an activating group) is 1. The number of benzene rings is 1. The highest BCUT2D eigenvalue weighted by atomic mass is 16.3. The van der Waals surface area contributed by atoms with Gasteiger partial charge in [-0.2, -0.15) is 0 Å². The van der Waals surface area contributed by atoms with Crippen molar-refractivity contribution in [3.8, 4) is 0 Å². The third-order valence-corrected chi connectivity index (χ3v) is 5.56. The van der Waals surface area contributed by atoms with Gasteiger partial charge in [0.25, 0.3) is 5.91 Å². The lowest BCUT2D eigenvalue weighted by molar-refractivity contribution is -0.127. The smallest absolute Gasteiger partial charge is 0.253 e. The predicted octanol–water partition coefficient (Wildman–Crippen LogP) is 2.88. The van der Waals surface area contributed by atoms with E-state index in [0.29, 0.717) is 18.4 Å². The van der Waals surface area contributed by atoms with Crippen molar-refractivity contribution >= 4 is 17.9 Å². The van der Waals surface area contributed by atoms with E-state index in [1.165, 1.54) is 6.42 Å². The van der Waals surface area contributed by atoms with Gasteiger partial charge in [0.1, 0.15) is 6.29 Å². The van der Waals surface area contributed by atoms with Crippen LogP contribution in [-0.4, -0.2) is 54.0 Å². The predicted molar refractivity (Wildman–Crippen MR) is 111 cm³/mol. The van der Waals surface area contributed by atoms with Crippen LogP contribution in [0.1, 0.15) is 38.2 Å². The van der Waals surface area contributed by atoms with E-state index in [-0.39, 0.29) is 11.9 Å². The van der Waals surface area contributed by atoms with E-state index in [4.69, 9.17) is 0 Å². The van der Waals surface area contributed by atoms with Gasteiger partial charge in [-0.05, 0) is 56.4 Å². The molecule has 1 aromatic carbocycles. The molecule has 2 aliphatic rings. The van der Waals surface area contributed by atoms with Gasteiger partial charge >= 0.3 is 0 Å². The van der Waals surface area contributed by atoms with Gasteiger partial charge in [0, 0.05) is 37.3 Å². The zero-order valence-electron chi connectivity index (χ0n) is 16.6. The Labute approximate surface area is 167 Å². The number of aryl methyl sites for hydroxylation is 1. The number of nitrogens with zero attached hydrogens (tertiary/aromatic N) is 2. The fourth-order valence-corrected chi connectivity index (χ4v) is 4.05. The zero-order valence-corrected chi connectivity index (χ0v) is 16.6. The van der Waals surface area contributed by atoms with Crippen LogP contribution >= 0.6 is 0 Å². The highest BCUT2D eigenvalue weighted by Crippen LogP contribution is 2.25. The van der Waals surface area contributed by atoms with Crippen molar-refractivity contribution in [3.05, 3.63) is 53.6 Å². The molecule has 5 nitrogen and oxygen atoms in total. The van der Waals surface area contributed by atoms with Crippen LogP contribution in [0.4, 0.5) is 5.69 Å². The summed E-state index contributed by atoms with van der Waals surface area (Å²) in [7, 11) is 0. The van der Waals surface area contributed by atoms with E-state index in [1.807, 2.05) is 35.3 Å². The van der Waals surface area contributed by atoms with Crippen LogP contribution in [0.2, 0.25) is 0 Å². The van der Waals surface area contributed by atoms with Crippen LogP contribution in [0.25, 0.3) is 0 Å². The summed E-state index contributed by atoms with van der Waals surface area (Å²) in [5.41, 5.74) is 2.70. The number of piperidine rings is 1. The molecule has 2 unspecified atom stereocenters. The molecule has 0 bridgehead atoms. The molecule has 1 fully saturated rings. The number of aliphatic hydroxyl groups is 1. The second kappa shape index (κ2) is 9.69. The van der Waals surface area contributed by atoms with E-state index >= 15 is 0 Å². The van der Waals surface area contributed by atoms with Gasteiger partial charge in [-0.1, -0.05) is 24.3 Å². The first-order valence-electron chi connectivity index (χ1n) is 10.3. The van der Waals surface area contributed by atoms with Crippen LogP contribution in [0, 0.1) is 0 Å². The van der Waals surface area contributed by atoms with Gasteiger partial charge in [0.2, 0.25) is 0 Å². The molecule has 5 heteroatoms. The minimum atomic E-state index is -0.743. The van der Waals surface area contributed by atoms with E-state index < -0.39 is 6.10 Å². The highest BCUT2D eigenvalue weighted by Gasteiger charge is 2.28. The lowest BCUT2D eigenvalue weighted by atomic mass is 9.96. The number of aliphatic hydroxyl groups excluding tert-OH is 1. The van der Waals surface area contributed by atoms with Gasteiger partial charge in [0.15, 0.2) is 0 Å². The number of hydrogen-bond donors (Lipinski definition) is 1. The normalized spacial score (nSPS) is 21.9. The van der Waals surface area contributed by atoms with Gasteiger partial charge in [-0.25, -0.2) is 0 Å². The summed E-state index contributed by atoms with van der Waals surface area (Å²) in [4.78, 5) is 27.4. The van der Waals surface area contributed by atoms with Gasteiger partial charge in [-0.3, -0.25) is 4.79 Å². The average molecular weight is 383 g/mol. The molecule has 0 saturated carbocycles. The highest BCUT2D eigenvalue weighted by molar-refractivity contribution is 5.96. The quantitative estimate of drug-likeness (QED) is 0.737. The lowest BCUT2D eigenvalue weighted by Crippen LogP contribution is -2.44. The summed E-state index contributed by atoms with van der Waals surface area (Å²) in [6.45, 7) is 4.39. The molecule has 2 atom stereocenters. The Morgan fingerprint density at radius 2 is 2.07 bits per heavy atom. The zero-order chi connectivity index (χ0) is 19.9. The molecule has 1 amide bonds. The van der Waals surface area contributed by atoms with E-state index in [2.05, 4.69) is 17.9 Å². The Bertz CT molecular complexity index is 750. The van der Waals surface area contributed by atoms with Crippen LogP contribution in [-0.2, 0) is 16.0 Å². The molecule has 1 saturated heterocycles.